The molecule has 1 N–H and O–H groups in total. The standard InChI is InChI=1S/C14H26N2O2/c1-14(12-15,16-13-6-7-13)8-3-4-10-18-11-5-9-17-2/h13,16H,3-11H2,1-2H3. The zero-order chi connectivity index (χ0) is 13.3. The molecule has 0 saturated heterocycles. The van der Waals surface area contributed by atoms with Gasteiger partial charge in [0.1, 0.15) is 5.54 Å². The summed E-state index contributed by atoms with van der Waals surface area (Å²) < 4.78 is 10.4. The minimum Gasteiger partial charge on any atom is -0.385 e. The number of hydrogen-bond donors (Lipinski definition) is 1. The van der Waals surface area contributed by atoms with Crippen molar-refractivity contribution < 1.29 is 9.47 Å². The van der Waals surface area contributed by atoms with Crippen LogP contribution in [0.25, 0.3) is 0 Å². The van der Waals surface area contributed by atoms with E-state index in [9.17, 15) is 5.26 Å². The van der Waals surface area contributed by atoms with Crippen LogP contribution in [0.15, 0.2) is 0 Å². The van der Waals surface area contributed by atoms with Gasteiger partial charge in [-0.15, -0.1) is 0 Å². The predicted molar refractivity (Wildman–Crippen MR) is 71.3 cm³/mol. The first-order valence-corrected chi connectivity index (χ1v) is 6.96. The van der Waals surface area contributed by atoms with E-state index >= 15 is 0 Å². The van der Waals surface area contributed by atoms with Crippen LogP contribution in [0.1, 0.15) is 45.4 Å². The molecule has 1 unspecified atom stereocenters. The van der Waals surface area contributed by atoms with Gasteiger partial charge in [-0.3, -0.25) is 5.32 Å². The Balaban J connectivity index is 1.96. The molecule has 4 heteroatoms. The van der Waals surface area contributed by atoms with Crippen molar-refractivity contribution in [2.75, 3.05) is 26.9 Å². The lowest BCUT2D eigenvalue weighted by molar-refractivity contribution is 0.0995. The molecule has 0 heterocycles. The Hall–Kier alpha value is -0.630. The van der Waals surface area contributed by atoms with E-state index < -0.39 is 0 Å². The van der Waals surface area contributed by atoms with Crippen LogP contribution < -0.4 is 5.32 Å². The van der Waals surface area contributed by atoms with Gasteiger partial charge in [0.2, 0.25) is 0 Å². The van der Waals surface area contributed by atoms with Crippen molar-refractivity contribution in [2.24, 2.45) is 0 Å². The van der Waals surface area contributed by atoms with Gasteiger partial charge in [-0.2, -0.15) is 5.26 Å². The largest absolute Gasteiger partial charge is 0.385 e. The summed E-state index contributed by atoms with van der Waals surface area (Å²) in [5.74, 6) is 0. The molecule has 0 aromatic carbocycles. The monoisotopic (exact) mass is 254 g/mol. The van der Waals surface area contributed by atoms with E-state index in [0.717, 1.165) is 45.5 Å². The Morgan fingerprint density at radius 1 is 1.22 bits per heavy atom. The first-order chi connectivity index (χ1) is 8.70. The fraction of sp³-hybridized carbons (Fsp3) is 0.929. The number of nitriles is 1. The Labute approximate surface area is 111 Å². The summed E-state index contributed by atoms with van der Waals surface area (Å²) in [5, 5.41) is 12.6. The summed E-state index contributed by atoms with van der Waals surface area (Å²) in [5.41, 5.74) is -0.350. The Kier molecular flexibility index (Phi) is 7.26. The highest BCUT2D eigenvalue weighted by molar-refractivity contribution is 5.06. The van der Waals surface area contributed by atoms with Gasteiger partial charge in [0.25, 0.3) is 0 Å². The van der Waals surface area contributed by atoms with Gasteiger partial charge in [0.05, 0.1) is 6.07 Å². The Bertz CT molecular complexity index is 261. The topological polar surface area (TPSA) is 54.3 Å². The van der Waals surface area contributed by atoms with Crippen LogP contribution in [-0.2, 0) is 9.47 Å². The minimum absolute atomic E-state index is 0.350. The molecule has 104 valence electrons. The quantitative estimate of drug-likeness (QED) is 0.575. The SMILES string of the molecule is COCCCOCCCCC(C)(C#N)NC1CC1. The third-order valence-electron chi connectivity index (χ3n) is 3.20. The van der Waals surface area contributed by atoms with Crippen LogP contribution in [0.3, 0.4) is 0 Å². The molecule has 1 saturated carbocycles. The molecule has 0 amide bonds. The number of nitrogens with zero attached hydrogens (tertiary/aromatic N) is 1. The fourth-order valence-corrected chi connectivity index (χ4v) is 1.93. The highest BCUT2D eigenvalue weighted by atomic mass is 16.5. The van der Waals surface area contributed by atoms with Gasteiger partial charge in [-0.1, -0.05) is 0 Å². The molecule has 0 aromatic rings. The molecular formula is C14H26N2O2. The number of ether oxygens (including phenoxy) is 2. The highest BCUT2D eigenvalue weighted by Crippen LogP contribution is 2.24. The van der Waals surface area contributed by atoms with Crippen LogP contribution in [0.4, 0.5) is 0 Å². The molecule has 1 atom stereocenters. The van der Waals surface area contributed by atoms with Gasteiger partial charge in [0.15, 0.2) is 0 Å². The van der Waals surface area contributed by atoms with Crippen molar-refractivity contribution in [1.29, 1.82) is 5.26 Å². The second kappa shape index (κ2) is 8.47. The van der Waals surface area contributed by atoms with Gasteiger partial charge < -0.3 is 9.47 Å². The number of rotatable bonds is 11. The van der Waals surface area contributed by atoms with E-state index in [2.05, 4.69) is 11.4 Å². The van der Waals surface area contributed by atoms with E-state index in [0.29, 0.717) is 6.04 Å². The van der Waals surface area contributed by atoms with Gasteiger partial charge in [0, 0.05) is 33.0 Å². The molecule has 4 nitrogen and oxygen atoms in total. The van der Waals surface area contributed by atoms with Crippen LogP contribution in [-0.4, -0.2) is 38.5 Å². The second-order valence-corrected chi connectivity index (χ2v) is 5.28. The molecule has 18 heavy (non-hydrogen) atoms. The molecule has 0 aromatic heterocycles. The smallest absolute Gasteiger partial charge is 0.104 e. The maximum absolute atomic E-state index is 9.20. The van der Waals surface area contributed by atoms with Crippen LogP contribution >= 0.6 is 0 Å². The molecule has 0 aliphatic heterocycles. The molecular weight excluding hydrogens is 228 g/mol. The molecule has 1 rings (SSSR count). The molecule has 0 radical (unpaired) electrons. The maximum atomic E-state index is 9.20. The zero-order valence-corrected chi connectivity index (χ0v) is 11.7. The van der Waals surface area contributed by atoms with E-state index in [1.165, 1.54) is 12.8 Å². The summed E-state index contributed by atoms with van der Waals surface area (Å²) in [6.07, 6.45) is 6.36. The van der Waals surface area contributed by atoms with Crippen LogP contribution in [0.2, 0.25) is 0 Å². The lowest BCUT2D eigenvalue weighted by Gasteiger charge is -2.23. The summed E-state index contributed by atoms with van der Waals surface area (Å²) in [6, 6.07) is 2.98. The van der Waals surface area contributed by atoms with Crippen LogP contribution in [0.5, 0.6) is 0 Å². The predicted octanol–water partition coefficient (Wildman–Crippen LogP) is 2.24. The highest BCUT2D eigenvalue weighted by Gasteiger charge is 2.31. The van der Waals surface area contributed by atoms with Crippen molar-refractivity contribution in [3.05, 3.63) is 0 Å². The van der Waals surface area contributed by atoms with Crippen molar-refractivity contribution in [2.45, 2.75) is 57.0 Å². The Morgan fingerprint density at radius 3 is 2.56 bits per heavy atom. The van der Waals surface area contributed by atoms with E-state index in [-0.39, 0.29) is 5.54 Å². The van der Waals surface area contributed by atoms with Gasteiger partial charge >= 0.3 is 0 Å². The third kappa shape index (κ3) is 6.95. The zero-order valence-electron chi connectivity index (χ0n) is 11.7. The summed E-state index contributed by atoms with van der Waals surface area (Å²) in [7, 11) is 1.70. The van der Waals surface area contributed by atoms with Crippen molar-refractivity contribution in [1.82, 2.24) is 5.32 Å². The number of methoxy groups -OCH3 is 1. The van der Waals surface area contributed by atoms with E-state index in [1.54, 1.807) is 7.11 Å². The number of unbranched alkanes of at least 4 members (excludes halogenated alkanes) is 1. The average Bonchev–Trinajstić information content (AvgIpc) is 3.16. The Morgan fingerprint density at radius 2 is 1.94 bits per heavy atom. The first kappa shape index (κ1) is 15.4. The lowest BCUT2D eigenvalue weighted by atomic mass is 9.96. The van der Waals surface area contributed by atoms with Gasteiger partial charge in [-0.05, 0) is 45.4 Å². The van der Waals surface area contributed by atoms with Crippen molar-refractivity contribution >= 4 is 0 Å². The van der Waals surface area contributed by atoms with Crippen molar-refractivity contribution in [3.8, 4) is 6.07 Å². The summed E-state index contributed by atoms with van der Waals surface area (Å²) in [4.78, 5) is 0. The molecule has 0 bridgehead atoms. The second-order valence-electron chi connectivity index (χ2n) is 5.28. The molecule has 1 fully saturated rings. The summed E-state index contributed by atoms with van der Waals surface area (Å²) in [6.45, 7) is 4.32. The lowest BCUT2D eigenvalue weighted by Crippen LogP contribution is -2.42. The number of hydrogen-bond acceptors (Lipinski definition) is 4. The van der Waals surface area contributed by atoms with E-state index in [1.807, 2.05) is 6.92 Å². The first-order valence-electron chi connectivity index (χ1n) is 6.96. The molecule has 1 aliphatic carbocycles. The van der Waals surface area contributed by atoms with Crippen molar-refractivity contribution in [3.63, 3.8) is 0 Å². The fourth-order valence-electron chi connectivity index (χ4n) is 1.93. The summed E-state index contributed by atoms with van der Waals surface area (Å²) >= 11 is 0. The molecule has 1 aliphatic rings. The minimum atomic E-state index is -0.350. The normalized spacial score (nSPS) is 18.3. The van der Waals surface area contributed by atoms with Gasteiger partial charge in [-0.25, -0.2) is 0 Å². The number of nitrogens with one attached hydrogen (secondary N) is 1. The maximum Gasteiger partial charge on any atom is 0.104 e. The average molecular weight is 254 g/mol. The third-order valence-corrected chi connectivity index (χ3v) is 3.20. The van der Waals surface area contributed by atoms with Crippen LogP contribution in [0, 0.1) is 11.3 Å². The molecule has 0 spiro atoms. The van der Waals surface area contributed by atoms with E-state index in [4.69, 9.17) is 9.47 Å².